The summed E-state index contributed by atoms with van der Waals surface area (Å²) in [5.74, 6) is 0.308. The molecule has 0 unspecified atom stereocenters. The quantitative estimate of drug-likeness (QED) is 0.611. The lowest BCUT2D eigenvalue weighted by Gasteiger charge is -2.31. The number of carbonyl (C=O) groups excluding carboxylic acids is 2. The van der Waals surface area contributed by atoms with Gasteiger partial charge in [-0.05, 0) is 54.8 Å². The van der Waals surface area contributed by atoms with Gasteiger partial charge in [-0.2, -0.15) is 0 Å². The first-order valence-corrected chi connectivity index (χ1v) is 11.1. The number of hydrogen-bond donors (Lipinski definition) is 1. The van der Waals surface area contributed by atoms with E-state index in [-0.39, 0.29) is 30.0 Å². The fraction of sp³-hybridized carbons (Fsp3) is 0.304. The molecule has 4 rings (SSSR count). The Labute approximate surface area is 189 Å². The Morgan fingerprint density at radius 1 is 1.09 bits per heavy atom. The monoisotopic (exact) mass is 454 g/mol. The van der Waals surface area contributed by atoms with Crippen LogP contribution in [-0.2, 0) is 11.2 Å². The van der Waals surface area contributed by atoms with Gasteiger partial charge in [-0.1, -0.05) is 23.5 Å². The Morgan fingerprint density at radius 3 is 2.44 bits per heavy atom. The number of amides is 2. The van der Waals surface area contributed by atoms with E-state index in [4.69, 9.17) is 4.74 Å². The minimum Gasteiger partial charge on any atom is -0.497 e. The second kappa shape index (κ2) is 9.86. The Bertz CT molecular complexity index is 1080. The number of anilines is 1. The van der Waals surface area contributed by atoms with Gasteiger partial charge in [0, 0.05) is 24.7 Å². The second-order valence-electron chi connectivity index (χ2n) is 7.59. The van der Waals surface area contributed by atoms with Gasteiger partial charge in [0.15, 0.2) is 0 Å². The van der Waals surface area contributed by atoms with Gasteiger partial charge in [0.1, 0.15) is 16.6 Å². The number of rotatable bonds is 6. The third-order valence-corrected chi connectivity index (χ3v) is 6.53. The number of hydrogen-bond acceptors (Lipinski definition) is 6. The van der Waals surface area contributed by atoms with Gasteiger partial charge in [0.25, 0.3) is 5.91 Å². The number of carbonyl (C=O) groups is 2. The summed E-state index contributed by atoms with van der Waals surface area (Å²) in [6.07, 6.45) is 1.80. The summed E-state index contributed by atoms with van der Waals surface area (Å²) in [4.78, 5) is 26.9. The van der Waals surface area contributed by atoms with Crippen LogP contribution in [0.1, 0.15) is 39.1 Å². The molecule has 166 valence electrons. The van der Waals surface area contributed by atoms with Crippen LogP contribution in [0.15, 0.2) is 48.5 Å². The highest BCUT2D eigenvalue weighted by Crippen LogP contribution is 2.30. The lowest BCUT2D eigenvalue weighted by atomic mass is 9.97. The molecular weight excluding hydrogens is 431 g/mol. The minimum absolute atomic E-state index is 0.0341. The number of piperidine rings is 1. The van der Waals surface area contributed by atoms with Crippen molar-refractivity contribution in [1.29, 1.82) is 0 Å². The van der Waals surface area contributed by atoms with Crippen molar-refractivity contribution in [2.24, 2.45) is 0 Å². The van der Waals surface area contributed by atoms with E-state index in [1.807, 2.05) is 4.90 Å². The highest BCUT2D eigenvalue weighted by molar-refractivity contribution is 7.13. The Balaban J connectivity index is 1.29. The molecule has 0 saturated carbocycles. The van der Waals surface area contributed by atoms with Crippen LogP contribution in [-0.4, -0.2) is 47.1 Å². The van der Waals surface area contributed by atoms with Crippen LogP contribution in [0.4, 0.5) is 10.1 Å². The van der Waals surface area contributed by atoms with Crippen LogP contribution in [0, 0.1) is 5.82 Å². The summed E-state index contributed by atoms with van der Waals surface area (Å²) in [5, 5.41) is 12.2. The Hall–Kier alpha value is -3.33. The summed E-state index contributed by atoms with van der Waals surface area (Å²) in [7, 11) is 1.59. The number of nitrogens with zero attached hydrogens (tertiary/aromatic N) is 3. The van der Waals surface area contributed by atoms with E-state index in [1.165, 1.54) is 23.5 Å². The van der Waals surface area contributed by atoms with Crippen LogP contribution in [0.5, 0.6) is 5.75 Å². The van der Waals surface area contributed by atoms with Gasteiger partial charge in [0.05, 0.1) is 13.5 Å². The van der Waals surface area contributed by atoms with Crippen molar-refractivity contribution in [3.63, 3.8) is 0 Å². The molecule has 9 heteroatoms. The van der Waals surface area contributed by atoms with Crippen molar-refractivity contribution in [1.82, 2.24) is 15.1 Å². The fourth-order valence-corrected chi connectivity index (χ4v) is 4.52. The van der Waals surface area contributed by atoms with Crippen molar-refractivity contribution in [2.45, 2.75) is 25.2 Å². The normalized spacial score (nSPS) is 14.2. The first kappa shape index (κ1) is 21.9. The minimum atomic E-state index is -0.309. The topological polar surface area (TPSA) is 84.4 Å². The van der Waals surface area contributed by atoms with Crippen LogP contribution in [0.3, 0.4) is 0 Å². The molecule has 3 aromatic rings. The molecule has 1 saturated heterocycles. The van der Waals surface area contributed by atoms with E-state index >= 15 is 0 Å². The fourth-order valence-electron chi connectivity index (χ4n) is 3.61. The number of nitrogens with one attached hydrogen (secondary N) is 1. The molecule has 1 aliphatic heterocycles. The van der Waals surface area contributed by atoms with E-state index in [2.05, 4.69) is 15.5 Å². The molecular formula is C23H23FN4O3S. The maximum absolute atomic E-state index is 13.0. The zero-order chi connectivity index (χ0) is 22.5. The van der Waals surface area contributed by atoms with Gasteiger partial charge >= 0.3 is 0 Å². The maximum Gasteiger partial charge on any atom is 0.286 e. The highest BCUT2D eigenvalue weighted by Gasteiger charge is 2.27. The second-order valence-corrected chi connectivity index (χ2v) is 8.60. The SMILES string of the molecule is COc1ccc(NC(=O)c2nnc(C3CCN(C(=O)Cc4ccc(F)cc4)CC3)s2)cc1. The van der Waals surface area contributed by atoms with Crippen LogP contribution >= 0.6 is 11.3 Å². The first-order valence-electron chi connectivity index (χ1n) is 10.3. The van der Waals surface area contributed by atoms with Crippen LogP contribution in [0.2, 0.25) is 0 Å². The van der Waals surface area contributed by atoms with E-state index in [1.54, 1.807) is 43.5 Å². The van der Waals surface area contributed by atoms with Crippen molar-refractivity contribution < 1.29 is 18.7 Å². The third kappa shape index (κ3) is 5.28. The number of methoxy groups -OCH3 is 1. The van der Waals surface area contributed by atoms with Crippen molar-refractivity contribution in [3.05, 3.63) is 69.9 Å². The van der Waals surface area contributed by atoms with Crippen molar-refractivity contribution in [2.75, 3.05) is 25.5 Å². The highest BCUT2D eigenvalue weighted by atomic mass is 32.1. The van der Waals surface area contributed by atoms with Gasteiger partial charge in [-0.25, -0.2) is 4.39 Å². The Kier molecular flexibility index (Phi) is 6.75. The van der Waals surface area contributed by atoms with Gasteiger partial charge in [-0.3, -0.25) is 9.59 Å². The molecule has 32 heavy (non-hydrogen) atoms. The molecule has 0 bridgehead atoms. The molecule has 0 radical (unpaired) electrons. The average molecular weight is 455 g/mol. The smallest absolute Gasteiger partial charge is 0.286 e. The predicted octanol–water partition coefficient (Wildman–Crippen LogP) is 3.89. The number of aromatic nitrogens is 2. The Morgan fingerprint density at radius 2 is 1.78 bits per heavy atom. The number of halogens is 1. The lowest BCUT2D eigenvalue weighted by molar-refractivity contribution is -0.131. The summed E-state index contributed by atoms with van der Waals surface area (Å²) in [6.45, 7) is 1.25. The van der Waals surface area contributed by atoms with Crippen LogP contribution < -0.4 is 10.1 Å². The zero-order valence-corrected chi connectivity index (χ0v) is 18.4. The lowest BCUT2D eigenvalue weighted by Crippen LogP contribution is -2.38. The van der Waals surface area contributed by atoms with E-state index in [9.17, 15) is 14.0 Å². The number of benzene rings is 2. The van der Waals surface area contributed by atoms with E-state index in [0.717, 1.165) is 23.4 Å². The van der Waals surface area contributed by atoms with Crippen molar-refractivity contribution >= 4 is 28.8 Å². The zero-order valence-electron chi connectivity index (χ0n) is 17.6. The average Bonchev–Trinajstić information content (AvgIpc) is 3.32. The summed E-state index contributed by atoms with van der Waals surface area (Å²) in [6, 6.07) is 13.1. The van der Waals surface area contributed by atoms with E-state index < -0.39 is 0 Å². The molecule has 0 spiro atoms. The van der Waals surface area contributed by atoms with Gasteiger partial charge in [-0.15, -0.1) is 10.2 Å². The number of ether oxygens (including phenoxy) is 1. The molecule has 1 aliphatic rings. The van der Waals surface area contributed by atoms with Gasteiger partial charge < -0.3 is 15.0 Å². The molecule has 1 N–H and O–H groups in total. The summed E-state index contributed by atoms with van der Waals surface area (Å²) < 4.78 is 18.2. The molecule has 0 aliphatic carbocycles. The molecule has 0 atom stereocenters. The standard InChI is InChI=1S/C23H23FN4O3S/c1-31-19-8-6-18(7-9-19)25-21(30)23-27-26-22(32-23)16-10-12-28(13-11-16)20(29)14-15-2-4-17(24)5-3-15/h2-9,16H,10-14H2,1H3,(H,25,30). The van der Waals surface area contributed by atoms with E-state index in [0.29, 0.717) is 29.5 Å². The molecule has 7 nitrogen and oxygen atoms in total. The molecule has 2 aromatic carbocycles. The third-order valence-electron chi connectivity index (χ3n) is 5.45. The number of likely N-dealkylation sites (tertiary alicyclic amines) is 1. The van der Waals surface area contributed by atoms with Gasteiger partial charge in [0.2, 0.25) is 10.9 Å². The largest absolute Gasteiger partial charge is 0.497 e. The maximum atomic E-state index is 13.0. The molecule has 1 fully saturated rings. The summed E-state index contributed by atoms with van der Waals surface area (Å²) >= 11 is 1.29. The molecule has 1 aromatic heterocycles. The van der Waals surface area contributed by atoms with Crippen LogP contribution in [0.25, 0.3) is 0 Å². The van der Waals surface area contributed by atoms with Crippen molar-refractivity contribution in [3.8, 4) is 5.75 Å². The first-order chi connectivity index (χ1) is 15.5. The molecule has 2 heterocycles. The summed E-state index contributed by atoms with van der Waals surface area (Å²) in [5.41, 5.74) is 1.45. The molecule has 2 amide bonds. The predicted molar refractivity (Wildman–Crippen MR) is 120 cm³/mol.